The van der Waals surface area contributed by atoms with Crippen LogP contribution in [0.5, 0.6) is 5.75 Å². The lowest BCUT2D eigenvalue weighted by molar-refractivity contribution is 0.407. The highest BCUT2D eigenvalue weighted by atomic mass is 79.9. The molecule has 0 amide bonds. The highest BCUT2D eigenvalue weighted by Crippen LogP contribution is 2.26. The topological polar surface area (TPSA) is 34.1 Å². The fourth-order valence-corrected chi connectivity index (χ4v) is 2.50. The molecule has 0 atom stereocenters. The van der Waals surface area contributed by atoms with Gasteiger partial charge in [-0.05, 0) is 53.9 Å². The van der Waals surface area contributed by atoms with Gasteiger partial charge in [0.2, 0.25) is 0 Å². The summed E-state index contributed by atoms with van der Waals surface area (Å²) in [4.78, 5) is 4.36. The van der Waals surface area contributed by atoms with Crippen LogP contribution in [0, 0.1) is 20.8 Å². The molecule has 0 spiro atoms. The number of benzene rings is 1. The van der Waals surface area contributed by atoms with Gasteiger partial charge in [-0.15, -0.1) is 0 Å². The van der Waals surface area contributed by atoms with Gasteiger partial charge in [-0.1, -0.05) is 17.7 Å². The van der Waals surface area contributed by atoms with Gasteiger partial charge in [-0.25, -0.2) is 4.98 Å². The number of nitrogens with zero attached hydrogens (tertiary/aromatic N) is 1. The summed E-state index contributed by atoms with van der Waals surface area (Å²) < 4.78 is 6.51. The molecule has 0 aliphatic heterocycles. The van der Waals surface area contributed by atoms with E-state index < -0.39 is 0 Å². The zero-order chi connectivity index (χ0) is 14.7. The van der Waals surface area contributed by atoms with Crippen LogP contribution in [0.3, 0.4) is 0 Å². The molecule has 3 nitrogen and oxygen atoms in total. The number of rotatable bonds is 4. The molecule has 0 saturated heterocycles. The van der Waals surface area contributed by atoms with Crippen molar-refractivity contribution in [3.05, 3.63) is 51.1 Å². The fraction of sp³-hybridized carbons (Fsp3) is 0.312. The van der Waals surface area contributed by atoms with Gasteiger partial charge in [-0.2, -0.15) is 0 Å². The van der Waals surface area contributed by atoms with Crippen molar-refractivity contribution in [1.29, 1.82) is 0 Å². The highest BCUT2D eigenvalue weighted by molar-refractivity contribution is 9.10. The molecule has 106 valence electrons. The van der Waals surface area contributed by atoms with Crippen LogP contribution in [-0.4, -0.2) is 12.1 Å². The zero-order valence-corrected chi connectivity index (χ0v) is 13.8. The molecule has 0 unspecified atom stereocenters. The Hall–Kier alpha value is -1.55. The summed E-state index contributed by atoms with van der Waals surface area (Å²) in [5.41, 5.74) is 4.70. The van der Waals surface area contributed by atoms with Crippen LogP contribution < -0.4 is 10.1 Å². The molecule has 0 fully saturated rings. The first-order valence-electron chi connectivity index (χ1n) is 6.51. The normalized spacial score (nSPS) is 10.4. The molecule has 0 aliphatic carbocycles. The largest absolute Gasteiger partial charge is 0.496 e. The Kier molecular flexibility index (Phi) is 4.65. The van der Waals surface area contributed by atoms with Gasteiger partial charge in [0.15, 0.2) is 0 Å². The van der Waals surface area contributed by atoms with Crippen molar-refractivity contribution in [3.8, 4) is 5.75 Å². The quantitative estimate of drug-likeness (QED) is 0.900. The van der Waals surface area contributed by atoms with Gasteiger partial charge >= 0.3 is 0 Å². The third kappa shape index (κ3) is 3.31. The second kappa shape index (κ2) is 6.27. The fourth-order valence-electron chi connectivity index (χ4n) is 2.29. The van der Waals surface area contributed by atoms with Crippen LogP contribution in [0.2, 0.25) is 0 Å². The zero-order valence-electron chi connectivity index (χ0n) is 12.2. The molecule has 0 saturated carbocycles. The smallest absolute Gasteiger partial charge is 0.126 e. The van der Waals surface area contributed by atoms with Gasteiger partial charge in [0, 0.05) is 22.8 Å². The second-order valence-electron chi connectivity index (χ2n) is 4.95. The second-order valence-corrected chi connectivity index (χ2v) is 5.80. The molecule has 1 aromatic carbocycles. The maximum Gasteiger partial charge on any atom is 0.126 e. The number of nitrogens with one attached hydrogen (secondary N) is 1. The van der Waals surface area contributed by atoms with Crippen molar-refractivity contribution in [2.75, 3.05) is 12.4 Å². The molecule has 2 rings (SSSR count). The van der Waals surface area contributed by atoms with Crippen LogP contribution in [0.4, 0.5) is 5.82 Å². The average molecular weight is 335 g/mol. The van der Waals surface area contributed by atoms with E-state index in [1.54, 1.807) is 7.11 Å². The molecule has 1 heterocycles. The Balaban J connectivity index is 2.20. The van der Waals surface area contributed by atoms with Gasteiger partial charge < -0.3 is 10.1 Å². The number of hydrogen-bond acceptors (Lipinski definition) is 3. The monoisotopic (exact) mass is 334 g/mol. The SMILES string of the molecule is COc1c(C)cc(C)cc1CNc1cc(C)c(Br)cn1. The minimum absolute atomic E-state index is 0.694. The number of pyridine rings is 1. The first kappa shape index (κ1) is 14.9. The van der Waals surface area contributed by atoms with E-state index in [1.807, 2.05) is 19.2 Å². The van der Waals surface area contributed by atoms with Crippen LogP contribution in [0.15, 0.2) is 28.9 Å². The Morgan fingerprint density at radius 3 is 2.55 bits per heavy atom. The molecular weight excluding hydrogens is 316 g/mol. The van der Waals surface area contributed by atoms with Crippen molar-refractivity contribution < 1.29 is 4.74 Å². The van der Waals surface area contributed by atoms with Gasteiger partial charge in [-0.3, -0.25) is 0 Å². The van der Waals surface area contributed by atoms with Gasteiger partial charge in [0.1, 0.15) is 11.6 Å². The molecule has 4 heteroatoms. The van der Waals surface area contributed by atoms with E-state index in [9.17, 15) is 0 Å². The lowest BCUT2D eigenvalue weighted by atomic mass is 10.1. The van der Waals surface area contributed by atoms with Crippen LogP contribution in [0.25, 0.3) is 0 Å². The van der Waals surface area contributed by atoms with Crippen molar-refractivity contribution in [1.82, 2.24) is 4.98 Å². The minimum atomic E-state index is 0.694. The van der Waals surface area contributed by atoms with Crippen LogP contribution in [0.1, 0.15) is 22.3 Å². The number of aromatic nitrogens is 1. The van der Waals surface area contributed by atoms with Crippen LogP contribution >= 0.6 is 15.9 Å². The summed E-state index contributed by atoms with van der Waals surface area (Å²) >= 11 is 3.46. The standard InChI is InChI=1S/C16H19BrN2O/c1-10-5-12(3)16(20-4)13(6-10)8-18-15-7-11(2)14(17)9-19-15/h5-7,9H,8H2,1-4H3,(H,18,19). The lowest BCUT2D eigenvalue weighted by Crippen LogP contribution is -2.05. The summed E-state index contributed by atoms with van der Waals surface area (Å²) in [7, 11) is 1.71. The summed E-state index contributed by atoms with van der Waals surface area (Å²) in [6, 6.07) is 6.30. The highest BCUT2D eigenvalue weighted by Gasteiger charge is 2.08. The molecule has 0 aliphatic rings. The molecule has 1 aromatic heterocycles. The summed E-state index contributed by atoms with van der Waals surface area (Å²) in [6.45, 7) is 6.91. The number of halogens is 1. The minimum Gasteiger partial charge on any atom is -0.496 e. The van der Waals surface area contributed by atoms with Crippen molar-refractivity contribution in [2.24, 2.45) is 0 Å². The predicted molar refractivity (Wildman–Crippen MR) is 86.5 cm³/mol. The number of methoxy groups -OCH3 is 1. The Morgan fingerprint density at radius 2 is 1.90 bits per heavy atom. The molecule has 1 N–H and O–H groups in total. The van der Waals surface area contributed by atoms with Crippen molar-refractivity contribution in [3.63, 3.8) is 0 Å². The summed E-state index contributed by atoms with van der Waals surface area (Å²) in [5, 5.41) is 3.35. The van der Waals surface area contributed by atoms with Crippen LogP contribution in [-0.2, 0) is 6.54 Å². The van der Waals surface area contributed by atoms with E-state index in [2.05, 4.69) is 52.2 Å². The van der Waals surface area contributed by atoms with Crippen molar-refractivity contribution >= 4 is 21.7 Å². The van der Waals surface area contributed by atoms with E-state index in [4.69, 9.17) is 4.74 Å². The molecule has 0 radical (unpaired) electrons. The predicted octanol–water partition coefficient (Wildman–Crippen LogP) is 4.39. The average Bonchev–Trinajstić information content (AvgIpc) is 2.39. The molecule has 2 aromatic rings. The number of aryl methyl sites for hydroxylation is 3. The first-order valence-corrected chi connectivity index (χ1v) is 7.30. The Labute approximate surface area is 128 Å². The Morgan fingerprint density at radius 1 is 1.15 bits per heavy atom. The Bertz CT molecular complexity index is 626. The van der Waals surface area contributed by atoms with E-state index >= 15 is 0 Å². The van der Waals surface area contributed by atoms with E-state index in [-0.39, 0.29) is 0 Å². The molecule has 20 heavy (non-hydrogen) atoms. The molecular formula is C16H19BrN2O. The first-order chi connectivity index (χ1) is 9.51. The third-order valence-corrected chi connectivity index (χ3v) is 4.04. The third-order valence-electron chi connectivity index (χ3n) is 3.21. The number of anilines is 1. The van der Waals surface area contributed by atoms with Crippen molar-refractivity contribution in [2.45, 2.75) is 27.3 Å². The van der Waals surface area contributed by atoms with E-state index in [0.717, 1.165) is 32.7 Å². The maximum atomic E-state index is 5.49. The number of hydrogen-bond donors (Lipinski definition) is 1. The maximum absolute atomic E-state index is 5.49. The van der Waals surface area contributed by atoms with E-state index in [1.165, 1.54) is 5.56 Å². The van der Waals surface area contributed by atoms with Gasteiger partial charge in [0.05, 0.1) is 7.11 Å². The summed E-state index contributed by atoms with van der Waals surface area (Å²) in [6.07, 6.45) is 1.82. The number of ether oxygens (including phenoxy) is 1. The summed E-state index contributed by atoms with van der Waals surface area (Å²) in [5.74, 6) is 1.81. The van der Waals surface area contributed by atoms with E-state index in [0.29, 0.717) is 6.54 Å². The molecule has 0 bridgehead atoms. The lowest BCUT2D eigenvalue weighted by Gasteiger charge is -2.14. The van der Waals surface area contributed by atoms with Gasteiger partial charge in [0.25, 0.3) is 0 Å².